The summed E-state index contributed by atoms with van der Waals surface area (Å²) in [6, 6.07) is 10.7. The Morgan fingerprint density at radius 3 is 2.30 bits per heavy atom. The van der Waals surface area contributed by atoms with Gasteiger partial charge in [-0.3, -0.25) is 9.89 Å². The summed E-state index contributed by atoms with van der Waals surface area (Å²) in [6.45, 7) is 0.342. The number of benzene rings is 2. The average Bonchev–Trinajstić information content (AvgIpc) is 3.25. The quantitative estimate of drug-likeness (QED) is 0.410. The first-order chi connectivity index (χ1) is 15.7. The van der Waals surface area contributed by atoms with Crippen molar-refractivity contribution in [3.63, 3.8) is 0 Å². The molecule has 170 valence electrons. The molecule has 4 aromatic rings. The van der Waals surface area contributed by atoms with E-state index in [-0.39, 0.29) is 17.4 Å². The Morgan fingerprint density at radius 2 is 1.67 bits per heavy atom. The number of imidazole rings is 1. The van der Waals surface area contributed by atoms with Crippen molar-refractivity contribution in [2.45, 2.75) is 25.1 Å². The molecule has 0 spiro atoms. The van der Waals surface area contributed by atoms with Gasteiger partial charge in [0.15, 0.2) is 11.6 Å². The zero-order valence-electron chi connectivity index (χ0n) is 17.1. The maximum absolute atomic E-state index is 13.5. The van der Waals surface area contributed by atoms with Crippen LogP contribution < -0.4 is 5.43 Å². The van der Waals surface area contributed by atoms with Gasteiger partial charge < -0.3 is 9.67 Å². The Bertz CT molecular complexity index is 1300. The van der Waals surface area contributed by atoms with Gasteiger partial charge in [0.2, 0.25) is 5.43 Å². The zero-order chi connectivity index (χ0) is 23.6. The largest absolute Gasteiger partial charge is 0.503 e. The van der Waals surface area contributed by atoms with Crippen molar-refractivity contribution < 1.29 is 22.7 Å². The third kappa shape index (κ3) is 4.79. The monoisotopic (exact) mass is 458 g/mol. The van der Waals surface area contributed by atoms with Crippen LogP contribution in [0.5, 0.6) is 5.75 Å². The second kappa shape index (κ2) is 8.89. The lowest BCUT2D eigenvalue weighted by Gasteiger charge is -2.20. The molecule has 6 nitrogen and oxygen atoms in total. The molecular formula is C23H18F4N4O2. The first kappa shape index (κ1) is 22.3. The topological polar surface area (TPSA) is 83.8 Å². The first-order valence-corrected chi connectivity index (χ1v) is 9.95. The molecule has 0 aliphatic heterocycles. The standard InChI is InChI=1S/C23H18F4N4O2/c24-17-7-3-15(4-8-17)18(14-1-5-16(6-2-14)23(25,26)27)9-11-31-12-10-28-22(31)20-21(33)19(32)13-29-30-20/h1-8,10,12-13,18H,9,11H2,(H,29,33)(H,30,32). The summed E-state index contributed by atoms with van der Waals surface area (Å²) in [5, 5.41) is 16.3. The summed E-state index contributed by atoms with van der Waals surface area (Å²) in [5.74, 6) is -0.999. The second-order valence-corrected chi connectivity index (χ2v) is 7.41. The van der Waals surface area contributed by atoms with Crippen LogP contribution in [0, 0.1) is 5.82 Å². The molecule has 0 amide bonds. The second-order valence-electron chi connectivity index (χ2n) is 7.41. The van der Waals surface area contributed by atoms with Crippen LogP contribution >= 0.6 is 0 Å². The van der Waals surface area contributed by atoms with Gasteiger partial charge in [-0.25, -0.2) is 9.37 Å². The van der Waals surface area contributed by atoms with E-state index < -0.39 is 28.7 Å². The van der Waals surface area contributed by atoms with Crippen molar-refractivity contribution in [3.8, 4) is 17.3 Å². The Labute approximate surface area is 185 Å². The molecule has 1 atom stereocenters. The summed E-state index contributed by atoms with van der Waals surface area (Å²) in [5.41, 5.74) is 0.00831. The van der Waals surface area contributed by atoms with Crippen molar-refractivity contribution in [1.29, 1.82) is 0 Å². The molecule has 4 rings (SSSR count). The molecule has 2 aromatic carbocycles. The van der Waals surface area contributed by atoms with Gasteiger partial charge in [-0.15, -0.1) is 0 Å². The molecular weight excluding hydrogens is 440 g/mol. The molecule has 0 saturated carbocycles. The molecule has 2 heterocycles. The van der Waals surface area contributed by atoms with Gasteiger partial charge in [-0.2, -0.15) is 18.3 Å². The maximum Gasteiger partial charge on any atom is 0.416 e. The molecule has 1 unspecified atom stereocenters. The summed E-state index contributed by atoms with van der Waals surface area (Å²) >= 11 is 0. The number of H-pyrrole nitrogens is 1. The van der Waals surface area contributed by atoms with E-state index in [1.165, 1.54) is 30.5 Å². The number of hydrogen-bond donors (Lipinski definition) is 2. The third-order valence-electron chi connectivity index (χ3n) is 5.34. The zero-order valence-corrected chi connectivity index (χ0v) is 17.1. The van der Waals surface area contributed by atoms with E-state index in [9.17, 15) is 27.5 Å². The molecule has 0 aliphatic rings. The highest BCUT2D eigenvalue weighted by Crippen LogP contribution is 2.34. The normalized spacial score (nSPS) is 12.6. The average molecular weight is 458 g/mol. The molecule has 0 aliphatic carbocycles. The van der Waals surface area contributed by atoms with E-state index in [1.807, 2.05) is 0 Å². The summed E-state index contributed by atoms with van der Waals surface area (Å²) < 4.78 is 54.1. The Hall–Kier alpha value is -3.95. The van der Waals surface area contributed by atoms with Gasteiger partial charge in [-0.05, 0) is 41.8 Å². The number of hydrogen-bond acceptors (Lipinski definition) is 4. The number of nitrogens with zero attached hydrogens (tertiary/aromatic N) is 3. The molecule has 33 heavy (non-hydrogen) atoms. The van der Waals surface area contributed by atoms with Crippen molar-refractivity contribution in [2.24, 2.45) is 0 Å². The minimum atomic E-state index is -4.45. The number of nitrogens with one attached hydrogen (secondary N) is 1. The lowest BCUT2D eigenvalue weighted by molar-refractivity contribution is -0.137. The molecule has 0 bridgehead atoms. The fourth-order valence-electron chi connectivity index (χ4n) is 3.66. The Kier molecular flexibility index (Phi) is 5.99. The fourth-order valence-corrected chi connectivity index (χ4v) is 3.66. The van der Waals surface area contributed by atoms with Crippen LogP contribution in [0.25, 0.3) is 11.5 Å². The van der Waals surface area contributed by atoms with Crippen LogP contribution in [0.15, 0.2) is 71.9 Å². The number of halogens is 4. The third-order valence-corrected chi connectivity index (χ3v) is 5.34. The predicted octanol–water partition coefficient (Wildman–Crippen LogP) is 4.72. The smallest absolute Gasteiger partial charge is 0.416 e. The lowest BCUT2D eigenvalue weighted by atomic mass is 9.88. The van der Waals surface area contributed by atoms with Gasteiger partial charge in [0.1, 0.15) is 11.5 Å². The minimum Gasteiger partial charge on any atom is -0.503 e. The number of aromatic amines is 1. The van der Waals surface area contributed by atoms with E-state index in [0.29, 0.717) is 18.5 Å². The van der Waals surface area contributed by atoms with Crippen LogP contribution in [-0.2, 0) is 12.7 Å². The van der Waals surface area contributed by atoms with Gasteiger partial charge >= 0.3 is 6.18 Å². The van der Waals surface area contributed by atoms with E-state index in [2.05, 4.69) is 15.2 Å². The number of rotatable bonds is 6. The summed E-state index contributed by atoms with van der Waals surface area (Å²) in [4.78, 5) is 15.9. The van der Waals surface area contributed by atoms with E-state index in [4.69, 9.17) is 0 Å². The number of aromatic hydroxyl groups is 1. The fraction of sp³-hybridized carbons (Fsp3) is 0.174. The van der Waals surface area contributed by atoms with Crippen LogP contribution in [0.4, 0.5) is 17.6 Å². The van der Waals surface area contributed by atoms with Gasteiger partial charge in [0.25, 0.3) is 0 Å². The highest BCUT2D eigenvalue weighted by atomic mass is 19.4. The van der Waals surface area contributed by atoms with E-state index >= 15 is 0 Å². The highest BCUT2D eigenvalue weighted by Gasteiger charge is 2.30. The van der Waals surface area contributed by atoms with Gasteiger partial charge in [-0.1, -0.05) is 24.3 Å². The number of aryl methyl sites for hydroxylation is 1. The lowest BCUT2D eigenvalue weighted by Crippen LogP contribution is -2.11. The van der Waals surface area contributed by atoms with E-state index in [1.54, 1.807) is 22.9 Å². The maximum atomic E-state index is 13.5. The van der Waals surface area contributed by atoms with Crippen LogP contribution in [0.3, 0.4) is 0 Å². The van der Waals surface area contributed by atoms with Crippen molar-refractivity contribution in [1.82, 2.24) is 19.7 Å². The van der Waals surface area contributed by atoms with Gasteiger partial charge in [0.05, 0.1) is 11.8 Å². The van der Waals surface area contributed by atoms with E-state index in [0.717, 1.165) is 23.9 Å². The summed E-state index contributed by atoms with van der Waals surface area (Å²) in [6.07, 6.45) is 0.0603. The SMILES string of the molecule is O=c1cn[nH]c(-c2nccn2CCC(c2ccc(F)cc2)c2ccc(C(F)(F)F)cc2)c1O. The Balaban J connectivity index is 1.65. The molecule has 0 radical (unpaired) electrons. The van der Waals surface area contributed by atoms with Crippen molar-refractivity contribution in [2.75, 3.05) is 0 Å². The van der Waals surface area contributed by atoms with Crippen molar-refractivity contribution >= 4 is 0 Å². The van der Waals surface area contributed by atoms with Crippen molar-refractivity contribution in [3.05, 3.63) is 99.9 Å². The Morgan fingerprint density at radius 1 is 1.03 bits per heavy atom. The molecule has 2 aromatic heterocycles. The highest BCUT2D eigenvalue weighted by molar-refractivity contribution is 5.57. The number of alkyl halides is 3. The first-order valence-electron chi connectivity index (χ1n) is 9.95. The predicted molar refractivity (Wildman–Crippen MR) is 112 cm³/mol. The van der Waals surface area contributed by atoms with Gasteiger partial charge in [0, 0.05) is 24.9 Å². The molecule has 2 N–H and O–H groups in total. The van der Waals surface area contributed by atoms with Crippen LogP contribution in [0.2, 0.25) is 0 Å². The van der Waals surface area contributed by atoms with Crippen LogP contribution in [0.1, 0.15) is 29.0 Å². The number of aromatic nitrogens is 4. The summed E-state index contributed by atoms with van der Waals surface area (Å²) in [7, 11) is 0. The van der Waals surface area contributed by atoms with Crippen LogP contribution in [-0.4, -0.2) is 24.9 Å². The molecule has 0 fully saturated rings. The molecule has 10 heteroatoms. The minimum absolute atomic E-state index is 0.0559. The molecule has 0 saturated heterocycles.